The Bertz CT molecular complexity index is 642. The Morgan fingerprint density at radius 2 is 2.00 bits per heavy atom. The number of imide groups is 1. The Kier molecular flexibility index (Phi) is 3.68. The second-order valence-corrected chi connectivity index (χ2v) is 6.71. The number of amides is 4. The van der Waals surface area contributed by atoms with Crippen LogP contribution in [0.3, 0.4) is 0 Å². The number of urea groups is 1. The molecule has 1 aromatic rings. The third kappa shape index (κ3) is 2.72. The Hall–Kier alpha value is -1.89. The van der Waals surface area contributed by atoms with E-state index in [1.54, 1.807) is 19.1 Å². The highest BCUT2D eigenvalue weighted by Crippen LogP contribution is 2.29. The zero-order valence-electron chi connectivity index (χ0n) is 12.1. The van der Waals surface area contributed by atoms with Gasteiger partial charge in [0.05, 0.1) is 0 Å². The minimum atomic E-state index is -1.14. The van der Waals surface area contributed by atoms with Crippen LogP contribution in [0.25, 0.3) is 0 Å². The monoisotopic (exact) mass is 365 g/mol. The normalized spacial score (nSPS) is 24.4. The van der Waals surface area contributed by atoms with Crippen LogP contribution in [0.4, 0.5) is 4.79 Å². The van der Waals surface area contributed by atoms with Crippen LogP contribution in [0.1, 0.15) is 25.3 Å². The van der Waals surface area contributed by atoms with Gasteiger partial charge in [-0.3, -0.25) is 14.5 Å². The summed E-state index contributed by atoms with van der Waals surface area (Å²) in [7, 11) is 0. The Balaban J connectivity index is 1.77. The van der Waals surface area contributed by atoms with Crippen LogP contribution in [-0.4, -0.2) is 35.3 Å². The summed E-state index contributed by atoms with van der Waals surface area (Å²) in [5, 5.41) is 5.46. The second-order valence-electron chi connectivity index (χ2n) is 5.80. The molecule has 0 radical (unpaired) electrons. The van der Waals surface area contributed by atoms with Crippen molar-refractivity contribution in [3.63, 3.8) is 0 Å². The summed E-state index contributed by atoms with van der Waals surface area (Å²) in [5.41, 5.74) is -0.461. The van der Waals surface area contributed by atoms with E-state index >= 15 is 0 Å². The van der Waals surface area contributed by atoms with Crippen molar-refractivity contribution >= 4 is 33.8 Å². The standard InChI is InChI=1S/C15H16BrN3O3/c1-15(9-2-4-10(16)5-3-9)13(21)19(14(22)18-15)8-12(20)17-11-6-7-11/h2-5,11H,6-8H2,1H3,(H,17,20)(H,18,22)/t15-/m0/s1. The highest BCUT2D eigenvalue weighted by molar-refractivity contribution is 9.10. The molecule has 1 heterocycles. The average Bonchev–Trinajstić information content (AvgIpc) is 3.24. The van der Waals surface area contributed by atoms with Gasteiger partial charge in [0.1, 0.15) is 12.1 Å². The molecule has 116 valence electrons. The van der Waals surface area contributed by atoms with E-state index in [9.17, 15) is 14.4 Å². The van der Waals surface area contributed by atoms with Crippen LogP contribution in [-0.2, 0) is 15.1 Å². The van der Waals surface area contributed by atoms with Crippen LogP contribution in [0.2, 0.25) is 0 Å². The SMILES string of the molecule is C[C@@]1(c2ccc(Br)cc2)NC(=O)N(CC(=O)NC2CC2)C1=O. The average molecular weight is 366 g/mol. The summed E-state index contributed by atoms with van der Waals surface area (Å²) in [4.78, 5) is 37.5. The van der Waals surface area contributed by atoms with Gasteiger partial charge in [0.15, 0.2) is 0 Å². The zero-order valence-corrected chi connectivity index (χ0v) is 13.6. The van der Waals surface area contributed by atoms with E-state index in [0.717, 1.165) is 22.2 Å². The van der Waals surface area contributed by atoms with Crippen LogP contribution in [0.5, 0.6) is 0 Å². The first-order chi connectivity index (χ1) is 10.4. The number of carbonyl (C=O) groups excluding carboxylic acids is 3. The van der Waals surface area contributed by atoms with Crippen LogP contribution in [0.15, 0.2) is 28.7 Å². The lowest BCUT2D eigenvalue weighted by Crippen LogP contribution is -2.43. The fraction of sp³-hybridized carbons (Fsp3) is 0.400. The maximum Gasteiger partial charge on any atom is 0.325 e. The molecule has 1 aliphatic heterocycles. The molecule has 2 aliphatic rings. The van der Waals surface area contributed by atoms with Gasteiger partial charge in [-0.05, 0) is 37.5 Å². The van der Waals surface area contributed by atoms with Crippen LogP contribution >= 0.6 is 15.9 Å². The van der Waals surface area contributed by atoms with Gasteiger partial charge in [-0.1, -0.05) is 28.1 Å². The molecule has 1 aliphatic carbocycles. The largest absolute Gasteiger partial charge is 0.352 e. The molecule has 2 fully saturated rings. The van der Waals surface area contributed by atoms with Crippen molar-refractivity contribution in [2.24, 2.45) is 0 Å². The highest BCUT2D eigenvalue weighted by Gasteiger charge is 2.49. The van der Waals surface area contributed by atoms with Crippen molar-refractivity contribution < 1.29 is 14.4 Å². The maximum atomic E-state index is 12.6. The summed E-state index contributed by atoms with van der Waals surface area (Å²) in [5.74, 6) is -0.711. The number of nitrogens with zero attached hydrogens (tertiary/aromatic N) is 1. The van der Waals surface area contributed by atoms with Gasteiger partial charge >= 0.3 is 6.03 Å². The molecule has 1 atom stereocenters. The molecule has 0 spiro atoms. The van der Waals surface area contributed by atoms with Gasteiger partial charge in [-0.15, -0.1) is 0 Å². The molecule has 22 heavy (non-hydrogen) atoms. The first-order valence-electron chi connectivity index (χ1n) is 7.09. The van der Waals surface area contributed by atoms with Gasteiger partial charge in [-0.2, -0.15) is 0 Å². The van der Waals surface area contributed by atoms with Crippen molar-refractivity contribution in [3.05, 3.63) is 34.3 Å². The van der Waals surface area contributed by atoms with E-state index in [1.807, 2.05) is 12.1 Å². The van der Waals surface area contributed by atoms with E-state index < -0.39 is 17.5 Å². The fourth-order valence-electron chi connectivity index (χ4n) is 2.46. The molecule has 1 saturated heterocycles. The highest BCUT2D eigenvalue weighted by atomic mass is 79.9. The molecule has 0 aromatic heterocycles. The molecule has 7 heteroatoms. The lowest BCUT2D eigenvalue weighted by atomic mass is 9.92. The van der Waals surface area contributed by atoms with Gasteiger partial charge < -0.3 is 10.6 Å². The van der Waals surface area contributed by atoms with E-state index in [-0.39, 0.29) is 18.5 Å². The van der Waals surface area contributed by atoms with E-state index in [1.165, 1.54) is 0 Å². The molecule has 0 unspecified atom stereocenters. The predicted molar refractivity (Wildman–Crippen MR) is 82.9 cm³/mol. The lowest BCUT2D eigenvalue weighted by molar-refractivity contribution is -0.134. The summed E-state index contributed by atoms with van der Waals surface area (Å²) < 4.78 is 0.886. The third-order valence-electron chi connectivity index (χ3n) is 3.94. The van der Waals surface area contributed by atoms with Crippen LogP contribution < -0.4 is 10.6 Å². The third-order valence-corrected chi connectivity index (χ3v) is 4.47. The van der Waals surface area contributed by atoms with E-state index in [2.05, 4.69) is 26.6 Å². The Morgan fingerprint density at radius 1 is 1.36 bits per heavy atom. The minimum Gasteiger partial charge on any atom is -0.352 e. The number of rotatable bonds is 4. The van der Waals surface area contributed by atoms with Crippen molar-refractivity contribution in [1.29, 1.82) is 0 Å². The zero-order chi connectivity index (χ0) is 15.9. The van der Waals surface area contributed by atoms with Crippen molar-refractivity contribution in [1.82, 2.24) is 15.5 Å². The predicted octanol–water partition coefficient (Wildman–Crippen LogP) is 1.49. The second kappa shape index (κ2) is 5.39. The fourth-order valence-corrected chi connectivity index (χ4v) is 2.73. The number of carbonyl (C=O) groups is 3. The number of nitrogens with one attached hydrogen (secondary N) is 2. The number of hydrogen-bond acceptors (Lipinski definition) is 3. The minimum absolute atomic E-state index is 0.200. The van der Waals surface area contributed by atoms with Gasteiger partial charge in [0.2, 0.25) is 5.91 Å². The molecular formula is C15H16BrN3O3. The first-order valence-corrected chi connectivity index (χ1v) is 7.89. The molecule has 2 N–H and O–H groups in total. The smallest absolute Gasteiger partial charge is 0.325 e. The Labute approximate surface area is 136 Å². The maximum absolute atomic E-state index is 12.6. The molecule has 4 amide bonds. The van der Waals surface area contributed by atoms with Crippen molar-refractivity contribution in [3.8, 4) is 0 Å². The van der Waals surface area contributed by atoms with Crippen LogP contribution in [0, 0.1) is 0 Å². The van der Waals surface area contributed by atoms with Crippen molar-refractivity contribution in [2.45, 2.75) is 31.3 Å². The molecule has 6 nitrogen and oxygen atoms in total. The summed E-state index contributed by atoms with van der Waals surface area (Å²) in [6, 6.07) is 6.82. The molecular weight excluding hydrogens is 350 g/mol. The molecule has 1 aromatic carbocycles. The summed E-state index contributed by atoms with van der Waals surface area (Å²) in [6.07, 6.45) is 1.92. The summed E-state index contributed by atoms with van der Waals surface area (Å²) >= 11 is 3.34. The first kappa shape index (κ1) is 15.0. The topological polar surface area (TPSA) is 78.5 Å². The number of benzene rings is 1. The van der Waals surface area contributed by atoms with Gasteiger partial charge in [0.25, 0.3) is 5.91 Å². The lowest BCUT2D eigenvalue weighted by Gasteiger charge is -2.22. The molecule has 1 saturated carbocycles. The molecule has 3 rings (SSSR count). The quantitative estimate of drug-likeness (QED) is 0.793. The number of halogens is 1. The van der Waals surface area contributed by atoms with Crippen molar-refractivity contribution in [2.75, 3.05) is 6.54 Å². The van der Waals surface area contributed by atoms with E-state index in [4.69, 9.17) is 0 Å². The van der Waals surface area contributed by atoms with E-state index in [0.29, 0.717) is 5.56 Å². The number of hydrogen-bond donors (Lipinski definition) is 2. The molecule has 0 bridgehead atoms. The summed E-state index contributed by atoms with van der Waals surface area (Å²) in [6.45, 7) is 1.41. The van der Waals surface area contributed by atoms with Gasteiger partial charge in [-0.25, -0.2) is 4.79 Å². The van der Waals surface area contributed by atoms with Gasteiger partial charge in [0, 0.05) is 10.5 Å². The Morgan fingerprint density at radius 3 is 2.59 bits per heavy atom.